The minimum atomic E-state index is -0.161. The molecule has 0 atom stereocenters. The van der Waals surface area contributed by atoms with Crippen LogP contribution in [0.1, 0.15) is 25.0 Å². The van der Waals surface area contributed by atoms with E-state index < -0.39 is 0 Å². The lowest BCUT2D eigenvalue weighted by atomic mass is 9.82. The number of benzene rings is 10. The highest BCUT2D eigenvalue weighted by Gasteiger charge is 2.36. The fourth-order valence-electron chi connectivity index (χ4n) is 10.1. The highest BCUT2D eigenvalue weighted by molar-refractivity contribution is 6.07. The predicted molar refractivity (Wildman–Crippen MR) is 263 cm³/mol. The molecule has 2 aliphatic rings. The largest absolute Gasteiger partial charge is 0.456 e. The van der Waals surface area contributed by atoms with Gasteiger partial charge < -0.3 is 9.64 Å². The van der Waals surface area contributed by atoms with E-state index in [1.807, 2.05) is 0 Å². The molecular formula is C61H43NO. The van der Waals surface area contributed by atoms with E-state index >= 15 is 0 Å². The van der Waals surface area contributed by atoms with Crippen molar-refractivity contribution < 1.29 is 4.74 Å². The molecule has 0 bridgehead atoms. The van der Waals surface area contributed by atoms with Crippen LogP contribution in [0, 0.1) is 0 Å². The number of anilines is 3. The van der Waals surface area contributed by atoms with Crippen molar-refractivity contribution in [1.82, 2.24) is 0 Å². The van der Waals surface area contributed by atoms with Gasteiger partial charge in [0, 0.05) is 33.6 Å². The summed E-state index contributed by atoms with van der Waals surface area (Å²) in [4.78, 5) is 2.46. The van der Waals surface area contributed by atoms with Crippen LogP contribution in [0.4, 0.5) is 17.1 Å². The van der Waals surface area contributed by atoms with Gasteiger partial charge >= 0.3 is 0 Å². The van der Waals surface area contributed by atoms with Crippen LogP contribution in [0.5, 0.6) is 11.5 Å². The molecule has 1 heterocycles. The zero-order chi connectivity index (χ0) is 42.1. The van der Waals surface area contributed by atoms with E-state index in [0.717, 1.165) is 83.8 Å². The molecule has 63 heavy (non-hydrogen) atoms. The van der Waals surface area contributed by atoms with Gasteiger partial charge in [-0.1, -0.05) is 178 Å². The molecule has 2 heteroatoms. The Bertz CT molecular complexity index is 3330. The minimum absolute atomic E-state index is 0.161. The molecule has 0 amide bonds. The second-order valence-corrected chi connectivity index (χ2v) is 17.3. The minimum Gasteiger partial charge on any atom is -0.456 e. The molecular weight excluding hydrogens is 763 g/mol. The van der Waals surface area contributed by atoms with Gasteiger partial charge in [-0.25, -0.2) is 0 Å². The van der Waals surface area contributed by atoms with Gasteiger partial charge in [-0.2, -0.15) is 0 Å². The third-order valence-electron chi connectivity index (χ3n) is 13.2. The predicted octanol–water partition coefficient (Wildman–Crippen LogP) is 17.1. The van der Waals surface area contributed by atoms with Gasteiger partial charge in [0.05, 0.1) is 0 Å². The zero-order valence-corrected chi connectivity index (χ0v) is 35.2. The van der Waals surface area contributed by atoms with Gasteiger partial charge in [-0.3, -0.25) is 0 Å². The van der Waals surface area contributed by atoms with Crippen LogP contribution in [0.2, 0.25) is 0 Å². The molecule has 1 aliphatic heterocycles. The molecule has 10 aromatic rings. The molecule has 2 nitrogen and oxygen atoms in total. The van der Waals surface area contributed by atoms with E-state index in [2.05, 4.69) is 243 Å². The topological polar surface area (TPSA) is 12.5 Å². The van der Waals surface area contributed by atoms with Crippen LogP contribution >= 0.6 is 0 Å². The Labute approximate surface area is 369 Å². The Morgan fingerprint density at radius 2 is 0.873 bits per heavy atom. The van der Waals surface area contributed by atoms with E-state index in [9.17, 15) is 0 Å². The summed E-state index contributed by atoms with van der Waals surface area (Å²) in [7, 11) is 0. The first-order valence-electron chi connectivity index (χ1n) is 21.8. The fraction of sp³-hybridized carbons (Fsp3) is 0.0492. The maximum Gasteiger partial charge on any atom is 0.135 e. The van der Waals surface area contributed by atoms with Crippen molar-refractivity contribution >= 4 is 27.8 Å². The molecule has 0 saturated heterocycles. The third kappa shape index (κ3) is 6.17. The lowest BCUT2D eigenvalue weighted by Gasteiger charge is -2.29. The highest BCUT2D eigenvalue weighted by Crippen LogP contribution is 2.53. The molecule has 0 saturated carbocycles. The van der Waals surface area contributed by atoms with Crippen LogP contribution in [0.15, 0.2) is 224 Å². The number of hydrogen-bond donors (Lipinski definition) is 0. The first-order valence-corrected chi connectivity index (χ1v) is 21.8. The summed E-state index contributed by atoms with van der Waals surface area (Å²) in [6.07, 6.45) is 0. The highest BCUT2D eigenvalue weighted by atomic mass is 16.5. The van der Waals surface area contributed by atoms with Crippen molar-refractivity contribution in [3.63, 3.8) is 0 Å². The second kappa shape index (κ2) is 14.6. The van der Waals surface area contributed by atoms with Crippen molar-refractivity contribution in [2.75, 3.05) is 4.90 Å². The molecule has 10 aromatic carbocycles. The van der Waals surface area contributed by atoms with Crippen molar-refractivity contribution in [1.29, 1.82) is 0 Å². The Morgan fingerprint density at radius 1 is 0.333 bits per heavy atom. The van der Waals surface area contributed by atoms with Gasteiger partial charge in [-0.15, -0.1) is 0 Å². The van der Waals surface area contributed by atoms with Crippen LogP contribution in [0.3, 0.4) is 0 Å². The number of fused-ring (bicyclic) bond motifs is 10. The summed E-state index contributed by atoms with van der Waals surface area (Å²) < 4.78 is 7.04. The van der Waals surface area contributed by atoms with Crippen molar-refractivity contribution in [2.45, 2.75) is 19.3 Å². The zero-order valence-electron chi connectivity index (χ0n) is 35.2. The molecule has 0 N–H and O–H groups in total. The second-order valence-electron chi connectivity index (χ2n) is 17.3. The summed E-state index contributed by atoms with van der Waals surface area (Å²) in [5, 5.41) is 2.29. The van der Waals surface area contributed by atoms with Crippen LogP contribution in [0.25, 0.3) is 77.5 Å². The third-order valence-corrected chi connectivity index (χ3v) is 13.2. The molecule has 0 radical (unpaired) electrons. The average Bonchev–Trinajstić information content (AvgIpc) is 3.47. The number of ether oxygens (including phenoxy) is 1. The molecule has 0 unspecified atom stereocenters. The van der Waals surface area contributed by atoms with E-state index in [0.29, 0.717) is 0 Å². The van der Waals surface area contributed by atoms with E-state index in [-0.39, 0.29) is 5.41 Å². The molecule has 298 valence electrons. The van der Waals surface area contributed by atoms with Gasteiger partial charge in [0.1, 0.15) is 11.5 Å². The van der Waals surface area contributed by atoms with E-state index in [1.165, 1.54) is 33.4 Å². The standard InChI is InChI=1S/C61H43NO/c1-61(2)56-25-15-14-23-51(56)52-32-30-48(39-57(52)61)62(49-35-45(41-18-8-4-9-19-41)34-46(36-49)42-20-10-5-11-21-42)47-29-26-43-28-33-58-60(55(43)38-47)54-24-13-12-22-50(54)53-31-27-44(37-59(53)63-58)40-16-6-3-7-17-40/h3-39H,1-2H3. The summed E-state index contributed by atoms with van der Waals surface area (Å²) in [6.45, 7) is 4.72. The average molecular weight is 806 g/mol. The smallest absolute Gasteiger partial charge is 0.135 e. The first-order chi connectivity index (χ1) is 31.0. The fourth-order valence-corrected chi connectivity index (χ4v) is 10.1. The lowest BCUT2D eigenvalue weighted by Crippen LogP contribution is -2.16. The quantitative estimate of drug-likeness (QED) is 0.166. The molecule has 0 fully saturated rings. The Hall–Kier alpha value is -7.94. The van der Waals surface area contributed by atoms with Crippen LogP contribution in [-0.2, 0) is 5.41 Å². The Morgan fingerprint density at radius 3 is 1.57 bits per heavy atom. The van der Waals surface area contributed by atoms with Crippen LogP contribution < -0.4 is 9.64 Å². The molecule has 1 aliphatic carbocycles. The van der Waals surface area contributed by atoms with Gasteiger partial charge in [0.25, 0.3) is 0 Å². The van der Waals surface area contributed by atoms with Crippen LogP contribution in [-0.4, -0.2) is 0 Å². The molecule has 0 spiro atoms. The van der Waals surface area contributed by atoms with E-state index in [1.54, 1.807) is 0 Å². The normalized spacial score (nSPS) is 12.9. The first kappa shape index (κ1) is 36.9. The molecule has 12 rings (SSSR count). The number of hydrogen-bond acceptors (Lipinski definition) is 2. The number of rotatable bonds is 6. The summed E-state index contributed by atoms with van der Waals surface area (Å²) >= 11 is 0. The van der Waals surface area contributed by atoms with Gasteiger partial charge in [0.2, 0.25) is 0 Å². The lowest BCUT2D eigenvalue weighted by molar-refractivity contribution is 0.488. The van der Waals surface area contributed by atoms with Gasteiger partial charge in [-0.05, 0) is 138 Å². The maximum absolute atomic E-state index is 7.04. The summed E-state index contributed by atoms with van der Waals surface area (Å²) in [5.74, 6) is 1.70. The Kier molecular flexibility index (Phi) is 8.55. The van der Waals surface area contributed by atoms with E-state index in [4.69, 9.17) is 4.74 Å². The van der Waals surface area contributed by atoms with Crippen molar-refractivity contribution in [2.24, 2.45) is 0 Å². The molecule has 0 aromatic heterocycles. The Balaban J connectivity index is 1.09. The van der Waals surface area contributed by atoms with Crippen molar-refractivity contribution in [3.8, 4) is 78.3 Å². The summed E-state index contributed by atoms with van der Waals surface area (Å²) in [5.41, 5.74) is 19.9. The summed E-state index contributed by atoms with van der Waals surface area (Å²) in [6, 6.07) is 81.7. The van der Waals surface area contributed by atoms with Crippen molar-refractivity contribution in [3.05, 3.63) is 236 Å². The maximum atomic E-state index is 7.04. The SMILES string of the molecule is CC1(C)c2ccccc2-c2ccc(N(c3cc(-c4ccccc4)cc(-c4ccccc4)c3)c3ccc4ccc5c(c4c3)-c3ccccc3-c3ccc(-c4ccccc4)cc3O5)cc21. The van der Waals surface area contributed by atoms with Gasteiger partial charge in [0.15, 0.2) is 0 Å². The monoisotopic (exact) mass is 805 g/mol. The number of nitrogens with zero attached hydrogens (tertiary/aromatic N) is 1.